The van der Waals surface area contributed by atoms with Gasteiger partial charge in [-0.25, -0.2) is 9.97 Å². The van der Waals surface area contributed by atoms with E-state index in [1.54, 1.807) is 0 Å². The fourth-order valence-electron chi connectivity index (χ4n) is 2.53. The number of anilines is 1. The van der Waals surface area contributed by atoms with Gasteiger partial charge < -0.3 is 5.32 Å². The predicted octanol–water partition coefficient (Wildman–Crippen LogP) is 4.62. The van der Waals surface area contributed by atoms with Crippen LogP contribution in [-0.2, 0) is 5.41 Å². The Bertz CT molecular complexity index is 459. The molecule has 1 aliphatic rings. The van der Waals surface area contributed by atoms with Crippen molar-refractivity contribution < 1.29 is 0 Å². The standard InChI is InChI=1S/C15H24BrN3S/c1-15(2,3)14-18-12(16)9-13(19-14)17-10-6-5-7-11(8-10)20-4/h9-11H,5-8H2,1-4H3,(H,17,18,19). The summed E-state index contributed by atoms with van der Waals surface area (Å²) in [5, 5.41) is 4.39. The first-order valence-corrected chi connectivity index (χ1v) is 9.31. The van der Waals surface area contributed by atoms with Crippen molar-refractivity contribution in [3.05, 3.63) is 16.5 Å². The Morgan fingerprint density at radius 2 is 2.05 bits per heavy atom. The lowest BCUT2D eigenvalue weighted by Crippen LogP contribution is -2.29. The third-order valence-electron chi connectivity index (χ3n) is 3.68. The van der Waals surface area contributed by atoms with Gasteiger partial charge in [-0.1, -0.05) is 27.2 Å². The lowest BCUT2D eigenvalue weighted by Gasteiger charge is -2.29. The Hall–Kier alpha value is -0.290. The molecule has 0 aromatic carbocycles. The van der Waals surface area contributed by atoms with Crippen LogP contribution in [0.25, 0.3) is 0 Å². The van der Waals surface area contributed by atoms with Gasteiger partial charge in [0.05, 0.1) is 0 Å². The highest BCUT2D eigenvalue weighted by atomic mass is 79.9. The second-order valence-electron chi connectivity index (χ2n) is 6.52. The van der Waals surface area contributed by atoms with Gasteiger partial charge in [0.2, 0.25) is 0 Å². The summed E-state index contributed by atoms with van der Waals surface area (Å²) in [6.45, 7) is 6.43. The zero-order valence-electron chi connectivity index (χ0n) is 12.7. The molecule has 2 atom stereocenters. The maximum atomic E-state index is 4.69. The Kier molecular flexibility index (Phi) is 5.35. The minimum absolute atomic E-state index is 0.0332. The first-order valence-electron chi connectivity index (χ1n) is 7.23. The van der Waals surface area contributed by atoms with Gasteiger partial charge in [-0.15, -0.1) is 0 Å². The number of hydrogen-bond acceptors (Lipinski definition) is 4. The van der Waals surface area contributed by atoms with Crippen molar-refractivity contribution in [3.63, 3.8) is 0 Å². The van der Waals surface area contributed by atoms with Gasteiger partial charge >= 0.3 is 0 Å². The first kappa shape index (κ1) is 16.1. The van der Waals surface area contributed by atoms with Crippen LogP contribution in [0.15, 0.2) is 10.7 Å². The number of aromatic nitrogens is 2. The van der Waals surface area contributed by atoms with Crippen molar-refractivity contribution in [1.29, 1.82) is 0 Å². The maximum absolute atomic E-state index is 4.69. The van der Waals surface area contributed by atoms with E-state index in [0.29, 0.717) is 6.04 Å². The molecule has 0 amide bonds. The van der Waals surface area contributed by atoms with Gasteiger partial charge in [0.25, 0.3) is 0 Å². The fourth-order valence-corrected chi connectivity index (χ4v) is 3.74. The molecular formula is C15H24BrN3S. The molecular weight excluding hydrogens is 334 g/mol. The van der Waals surface area contributed by atoms with E-state index < -0.39 is 0 Å². The quantitative estimate of drug-likeness (QED) is 0.800. The van der Waals surface area contributed by atoms with Crippen molar-refractivity contribution in [2.24, 2.45) is 0 Å². The van der Waals surface area contributed by atoms with Crippen LogP contribution < -0.4 is 5.32 Å². The van der Waals surface area contributed by atoms with E-state index in [1.807, 2.05) is 17.8 Å². The largest absolute Gasteiger partial charge is 0.367 e. The van der Waals surface area contributed by atoms with Gasteiger partial charge in [0, 0.05) is 22.8 Å². The van der Waals surface area contributed by atoms with Crippen LogP contribution in [0.3, 0.4) is 0 Å². The molecule has 1 saturated carbocycles. The van der Waals surface area contributed by atoms with Crippen LogP contribution in [0.5, 0.6) is 0 Å². The lowest BCUT2D eigenvalue weighted by molar-refractivity contribution is 0.471. The highest BCUT2D eigenvalue weighted by Crippen LogP contribution is 2.29. The highest BCUT2D eigenvalue weighted by molar-refractivity contribution is 9.10. The smallest absolute Gasteiger partial charge is 0.137 e. The number of nitrogens with one attached hydrogen (secondary N) is 1. The molecule has 5 heteroatoms. The molecule has 0 spiro atoms. The van der Waals surface area contributed by atoms with Gasteiger partial charge in [0.15, 0.2) is 0 Å². The number of nitrogens with zero attached hydrogens (tertiary/aromatic N) is 2. The molecule has 0 aliphatic heterocycles. The van der Waals surface area contributed by atoms with E-state index >= 15 is 0 Å². The minimum Gasteiger partial charge on any atom is -0.367 e. The van der Waals surface area contributed by atoms with Crippen LogP contribution in [0, 0.1) is 0 Å². The average Bonchev–Trinajstić information content (AvgIpc) is 2.37. The predicted molar refractivity (Wildman–Crippen MR) is 91.6 cm³/mol. The molecule has 1 aromatic heterocycles. The number of hydrogen-bond donors (Lipinski definition) is 1. The van der Waals surface area contributed by atoms with Gasteiger partial charge in [-0.05, 0) is 41.4 Å². The van der Waals surface area contributed by atoms with E-state index in [0.717, 1.165) is 21.5 Å². The fraction of sp³-hybridized carbons (Fsp3) is 0.733. The first-order chi connectivity index (χ1) is 9.38. The second kappa shape index (κ2) is 6.65. The SMILES string of the molecule is CSC1CCCC(Nc2cc(Br)nc(C(C)(C)C)n2)C1. The lowest BCUT2D eigenvalue weighted by atomic mass is 9.94. The topological polar surface area (TPSA) is 37.8 Å². The third-order valence-corrected chi connectivity index (χ3v) is 5.18. The Labute approximate surface area is 134 Å². The van der Waals surface area contributed by atoms with Crippen LogP contribution in [0.1, 0.15) is 52.3 Å². The average molecular weight is 358 g/mol. The van der Waals surface area contributed by atoms with Gasteiger partial charge in [-0.2, -0.15) is 11.8 Å². The monoisotopic (exact) mass is 357 g/mol. The molecule has 2 unspecified atom stereocenters. The van der Waals surface area contributed by atoms with Gasteiger partial charge in [-0.3, -0.25) is 0 Å². The molecule has 2 rings (SSSR count). The summed E-state index contributed by atoms with van der Waals surface area (Å²) in [6, 6.07) is 2.52. The third kappa shape index (κ3) is 4.35. The van der Waals surface area contributed by atoms with Crippen molar-refractivity contribution in [1.82, 2.24) is 9.97 Å². The molecule has 1 aromatic rings. The summed E-state index contributed by atoms with van der Waals surface area (Å²) in [5.74, 6) is 1.83. The summed E-state index contributed by atoms with van der Waals surface area (Å²) >= 11 is 5.49. The van der Waals surface area contributed by atoms with Crippen molar-refractivity contribution in [2.75, 3.05) is 11.6 Å². The van der Waals surface area contributed by atoms with E-state index in [-0.39, 0.29) is 5.41 Å². The van der Waals surface area contributed by atoms with Crippen molar-refractivity contribution >= 4 is 33.5 Å². The number of rotatable bonds is 3. The highest BCUT2D eigenvalue weighted by Gasteiger charge is 2.23. The molecule has 0 saturated heterocycles. The Balaban J connectivity index is 2.11. The molecule has 0 bridgehead atoms. The summed E-state index contributed by atoms with van der Waals surface area (Å²) in [5.41, 5.74) is -0.0332. The van der Waals surface area contributed by atoms with Crippen LogP contribution >= 0.6 is 27.7 Å². The summed E-state index contributed by atoms with van der Waals surface area (Å²) < 4.78 is 0.858. The van der Waals surface area contributed by atoms with E-state index in [4.69, 9.17) is 4.98 Å². The summed E-state index contributed by atoms with van der Waals surface area (Å²) in [4.78, 5) is 9.18. The number of thioether (sulfide) groups is 1. The molecule has 1 fully saturated rings. The van der Waals surface area contributed by atoms with E-state index in [1.165, 1.54) is 25.7 Å². The van der Waals surface area contributed by atoms with Crippen LogP contribution in [0.2, 0.25) is 0 Å². The molecule has 20 heavy (non-hydrogen) atoms. The zero-order chi connectivity index (χ0) is 14.8. The maximum Gasteiger partial charge on any atom is 0.137 e. The zero-order valence-corrected chi connectivity index (χ0v) is 15.1. The molecule has 1 heterocycles. The summed E-state index contributed by atoms with van der Waals surface area (Å²) in [6.07, 6.45) is 7.34. The number of halogens is 1. The normalized spacial score (nSPS) is 23.6. The summed E-state index contributed by atoms with van der Waals surface area (Å²) in [7, 11) is 0. The second-order valence-corrected chi connectivity index (χ2v) is 8.47. The molecule has 0 radical (unpaired) electrons. The van der Waals surface area contributed by atoms with Crippen LogP contribution in [0.4, 0.5) is 5.82 Å². The Morgan fingerprint density at radius 3 is 2.70 bits per heavy atom. The van der Waals surface area contributed by atoms with E-state index in [2.05, 4.69) is 53.3 Å². The molecule has 112 valence electrons. The van der Waals surface area contributed by atoms with E-state index in [9.17, 15) is 0 Å². The minimum atomic E-state index is -0.0332. The molecule has 1 N–H and O–H groups in total. The molecule has 1 aliphatic carbocycles. The molecule has 3 nitrogen and oxygen atoms in total. The van der Waals surface area contributed by atoms with Crippen molar-refractivity contribution in [3.8, 4) is 0 Å². The van der Waals surface area contributed by atoms with Crippen LogP contribution in [-0.4, -0.2) is 27.5 Å². The Morgan fingerprint density at radius 1 is 1.30 bits per heavy atom. The van der Waals surface area contributed by atoms with Crippen molar-refractivity contribution in [2.45, 2.75) is 63.2 Å². The van der Waals surface area contributed by atoms with Gasteiger partial charge in [0.1, 0.15) is 16.2 Å².